The quantitative estimate of drug-likeness (QED) is 0.508. The number of aromatic amines is 1. The number of aromatic nitrogens is 1. The van der Waals surface area contributed by atoms with Gasteiger partial charge in [-0.2, -0.15) is 0 Å². The normalized spacial score (nSPS) is 13.6. The number of amides is 1. The number of H-pyrrole nitrogens is 1. The van der Waals surface area contributed by atoms with Gasteiger partial charge in [-0.15, -0.1) is 0 Å². The molecule has 0 bridgehead atoms. The summed E-state index contributed by atoms with van der Waals surface area (Å²) >= 11 is 0. The van der Waals surface area contributed by atoms with Gasteiger partial charge in [-0.1, -0.05) is 18.2 Å². The first-order chi connectivity index (χ1) is 9.81. The highest BCUT2D eigenvalue weighted by Gasteiger charge is 2.30. The number of carbonyl (C=O) groups is 1. The summed E-state index contributed by atoms with van der Waals surface area (Å²) in [6.45, 7) is 3.04. The van der Waals surface area contributed by atoms with Crippen molar-refractivity contribution >= 4 is 16.8 Å². The molecule has 0 aliphatic heterocycles. The van der Waals surface area contributed by atoms with E-state index in [0.29, 0.717) is 6.42 Å². The van der Waals surface area contributed by atoms with Crippen LogP contribution in [-0.2, 0) is 11.2 Å². The zero-order valence-corrected chi connectivity index (χ0v) is 12.1. The van der Waals surface area contributed by atoms with Crippen LogP contribution in [0.4, 0.5) is 0 Å². The largest absolute Gasteiger partial charge is 0.366 e. The molecule has 1 heterocycles. The van der Waals surface area contributed by atoms with Crippen molar-refractivity contribution in [2.75, 3.05) is 0 Å². The van der Waals surface area contributed by atoms with Crippen LogP contribution in [0, 0.1) is 0 Å². The van der Waals surface area contributed by atoms with E-state index in [-0.39, 0.29) is 0 Å². The van der Waals surface area contributed by atoms with E-state index >= 15 is 0 Å². The second-order valence-corrected chi connectivity index (χ2v) is 5.75. The van der Waals surface area contributed by atoms with E-state index in [1.54, 1.807) is 0 Å². The molecule has 1 aromatic heterocycles. The Bertz CT molecular complexity index is 634. The highest BCUT2D eigenvalue weighted by molar-refractivity contribution is 5.86. The molecule has 0 radical (unpaired) electrons. The summed E-state index contributed by atoms with van der Waals surface area (Å²) in [6.07, 6.45) is 0.554. The zero-order valence-electron chi connectivity index (χ0n) is 12.1. The summed E-state index contributed by atoms with van der Waals surface area (Å²) in [4.78, 5) is 15.2. The van der Waals surface area contributed by atoms with Crippen LogP contribution in [0.1, 0.15) is 19.4 Å². The van der Waals surface area contributed by atoms with Crippen molar-refractivity contribution in [3.63, 3.8) is 0 Å². The molecule has 21 heavy (non-hydrogen) atoms. The number of nitrogens with one attached hydrogen (secondary N) is 2. The summed E-state index contributed by atoms with van der Waals surface area (Å²) < 4.78 is 0. The maximum Gasteiger partial charge on any atom is 0.237 e. The van der Waals surface area contributed by atoms with E-state index in [1.165, 1.54) is 13.8 Å². The van der Waals surface area contributed by atoms with Gasteiger partial charge in [0.1, 0.15) is 0 Å². The van der Waals surface area contributed by atoms with Crippen LogP contribution in [0.25, 0.3) is 10.9 Å². The van der Waals surface area contributed by atoms with E-state index in [4.69, 9.17) is 5.73 Å². The second kappa shape index (κ2) is 5.85. The molecule has 2 aromatic rings. The third-order valence-electron chi connectivity index (χ3n) is 3.54. The maximum atomic E-state index is 12.1. The Morgan fingerprint density at radius 1 is 1.38 bits per heavy atom. The molecule has 0 aliphatic carbocycles. The molecule has 6 nitrogen and oxygen atoms in total. The zero-order chi connectivity index (χ0) is 15.6. The lowest BCUT2D eigenvalue weighted by atomic mass is 10.0. The lowest BCUT2D eigenvalue weighted by Crippen LogP contribution is -2.56. The third kappa shape index (κ3) is 3.41. The molecule has 0 spiro atoms. The maximum absolute atomic E-state index is 12.1. The Kier molecular flexibility index (Phi) is 4.32. The molecule has 0 aliphatic rings. The van der Waals surface area contributed by atoms with Gasteiger partial charge in [0.15, 0.2) is 6.29 Å². The molecule has 6 heteroatoms. The molecule has 114 valence electrons. The van der Waals surface area contributed by atoms with E-state index in [0.717, 1.165) is 16.5 Å². The van der Waals surface area contributed by atoms with Crippen molar-refractivity contribution in [1.82, 2.24) is 10.3 Å². The predicted molar refractivity (Wildman–Crippen MR) is 80.4 cm³/mol. The number of nitrogens with two attached hydrogens (primary N) is 1. The van der Waals surface area contributed by atoms with Crippen molar-refractivity contribution < 1.29 is 15.0 Å². The molecule has 6 N–H and O–H groups in total. The number of para-hydroxylation sites is 1. The van der Waals surface area contributed by atoms with E-state index in [9.17, 15) is 15.0 Å². The van der Waals surface area contributed by atoms with Gasteiger partial charge in [-0.25, -0.2) is 0 Å². The summed E-state index contributed by atoms with van der Waals surface area (Å²) in [6, 6.07) is 7.02. The first-order valence-corrected chi connectivity index (χ1v) is 6.80. The van der Waals surface area contributed by atoms with Gasteiger partial charge in [0.2, 0.25) is 5.91 Å². The second-order valence-electron chi connectivity index (χ2n) is 5.75. The topological polar surface area (TPSA) is 111 Å². The van der Waals surface area contributed by atoms with Gasteiger partial charge in [0, 0.05) is 17.1 Å². The number of fused-ring (bicyclic) bond motifs is 1. The highest BCUT2D eigenvalue weighted by Crippen LogP contribution is 2.19. The average molecular weight is 291 g/mol. The van der Waals surface area contributed by atoms with Crippen LogP contribution < -0.4 is 11.1 Å². The third-order valence-corrected chi connectivity index (χ3v) is 3.54. The molecule has 0 saturated heterocycles. The SMILES string of the molecule is CC(C)(NC(=O)[C@H](N)Cc1c[nH]c2ccccc12)C(O)O. The Morgan fingerprint density at radius 2 is 2.05 bits per heavy atom. The van der Waals surface area contributed by atoms with E-state index < -0.39 is 23.8 Å². The van der Waals surface area contributed by atoms with Crippen molar-refractivity contribution in [3.8, 4) is 0 Å². The number of aliphatic hydroxyl groups is 2. The summed E-state index contributed by atoms with van der Waals surface area (Å²) in [5, 5.41) is 22.0. The molecule has 2 rings (SSSR count). The lowest BCUT2D eigenvalue weighted by molar-refractivity contribution is -0.134. The van der Waals surface area contributed by atoms with Crippen molar-refractivity contribution in [2.24, 2.45) is 5.73 Å². The number of carbonyl (C=O) groups excluding carboxylic acids is 1. The van der Waals surface area contributed by atoms with Crippen LogP contribution in [0.2, 0.25) is 0 Å². The summed E-state index contributed by atoms with van der Waals surface area (Å²) in [5.41, 5.74) is 6.72. The predicted octanol–water partition coefficient (Wildman–Crippen LogP) is 0.243. The number of hydrogen-bond donors (Lipinski definition) is 5. The van der Waals surface area contributed by atoms with Gasteiger partial charge in [-0.05, 0) is 31.9 Å². The van der Waals surface area contributed by atoms with Crippen LogP contribution in [0.5, 0.6) is 0 Å². The molecule has 0 unspecified atom stereocenters. The first-order valence-electron chi connectivity index (χ1n) is 6.80. The molecule has 0 saturated carbocycles. The summed E-state index contributed by atoms with van der Waals surface area (Å²) in [7, 11) is 0. The number of rotatable bonds is 5. The van der Waals surface area contributed by atoms with Crippen LogP contribution in [-0.4, -0.2) is 39.0 Å². The lowest BCUT2D eigenvalue weighted by Gasteiger charge is -2.29. The van der Waals surface area contributed by atoms with Crippen molar-refractivity contribution in [2.45, 2.75) is 38.1 Å². The van der Waals surface area contributed by atoms with E-state index in [1.807, 2.05) is 30.5 Å². The minimum atomic E-state index is -1.65. The monoisotopic (exact) mass is 291 g/mol. The first kappa shape index (κ1) is 15.5. The summed E-state index contributed by atoms with van der Waals surface area (Å²) in [5.74, 6) is -0.418. The number of hydrogen-bond acceptors (Lipinski definition) is 4. The molecular formula is C15H21N3O3. The molecule has 1 aromatic carbocycles. The fourth-order valence-corrected chi connectivity index (χ4v) is 2.10. The van der Waals surface area contributed by atoms with Crippen molar-refractivity contribution in [3.05, 3.63) is 36.0 Å². The molecule has 1 atom stereocenters. The molecule has 1 amide bonds. The van der Waals surface area contributed by atoms with Gasteiger partial charge in [0.25, 0.3) is 0 Å². The Labute approximate surface area is 123 Å². The molecule has 0 fully saturated rings. The van der Waals surface area contributed by atoms with Crippen LogP contribution in [0.3, 0.4) is 0 Å². The molecular weight excluding hydrogens is 270 g/mol. The van der Waals surface area contributed by atoms with Gasteiger partial charge < -0.3 is 26.2 Å². The number of aliphatic hydroxyl groups excluding tert-OH is 1. The van der Waals surface area contributed by atoms with Crippen LogP contribution in [0.15, 0.2) is 30.5 Å². The Hall–Kier alpha value is -1.89. The average Bonchev–Trinajstić information content (AvgIpc) is 2.81. The fraction of sp³-hybridized carbons (Fsp3) is 0.400. The van der Waals surface area contributed by atoms with Gasteiger partial charge in [-0.3, -0.25) is 4.79 Å². The van der Waals surface area contributed by atoms with Crippen molar-refractivity contribution in [1.29, 1.82) is 0 Å². The Balaban J connectivity index is 2.07. The van der Waals surface area contributed by atoms with Gasteiger partial charge >= 0.3 is 0 Å². The van der Waals surface area contributed by atoms with Crippen LogP contribution >= 0.6 is 0 Å². The minimum absolute atomic E-state index is 0.369. The smallest absolute Gasteiger partial charge is 0.237 e. The Morgan fingerprint density at radius 3 is 2.71 bits per heavy atom. The minimum Gasteiger partial charge on any atom is -0.366 e. The highest BCUT2D eigenvalue weighted by atomic mass is 16.5. The standard InChI is InChI=1S/C15H21N3O3/c1-15(2,14(20)21)18-13(19)11(16)7-9-8-17-12-6-4-3-5-10(9)12/h3-6,8,11,14,17,20-21H,7,16H2,1-2H3,(H,18,19)/t11-/m1/s1. The fourth-order valence-electron chi connectivity index (χ4n) is 2.10. The number of benzene rings is 1. The van der Waals surface area contributed by atoms with Gasteiger partial charge in [0.05, 0.1) is 11.6 Å². The van der Waals surface area contributed by atoms with E-state index in [2.05, 4.69) is 10.3 Å².